The summed E-state index contributed by atoms with van der Waals surface area (Å²) < 4.78 is 0. The van der Waals surface area contributed by atoms with Gasteiger partial charge in [0, 0.05) is 0 Å². The molecule has 2 rings (SSSR count). The van der Waals surface area contributed by atoms with E-state index in [9.17, 15) is 10.0 Å². The van der Waals surface area contributed by atoms with Crippen LogP contribution in [0.25, 0.3) is 0 Å². The van der Waals surface area contributed by atoms with Gasteiger partial charge in [0.2, 0.25) is 0 Å². The van der Waals surface area contributed by atoms with Crippen molar-refractivity contribution in [1.29, 1.82) is 0 Å². The molecule has 0 aliphatic heterocycles. The van der Waals surface area contributed by atoms with Crippen molar-refractivity contribution in [3.05, 3.63) is 16.1 Å². The van der Waals surface area contributed by atoms with E-state index in [4.69, 9.17) is 0 Å². The Hall–Kier alpha value is -0.700. The number of allylic oxidation sites excluding steroid dienone is 2. The van der Waals surface area contributed by atoms with Crippen LogP contribution in [0.15, 0.2) is 16.3 Å². The lowest BCUT2D eigenvalue weighted by Gasteiger charge is -2.40. The third-order valence-corrected chi connectivity index (χ3v) is 5.86. The molecule has 0 aromatic carbocycles. The van der Waals surface area contributed by atoms with Crippen molar-refractivity contribution in [2.75, 3.05) is 0 Å². The molecule has 0 bridgehead atoms. The first-order chi connectivity index (χ1) is 9.78. The Labute approximate surface area is 129 Å². The molecular formula is C18H31NO2. The number of aliphatic hydroxyl groups is 1. The average Bonchev–Trinajstić information content (AvgIpc) is 2.73. The summed E-state index contributed by atoms with van der Waals surface area (Å²) in [5.74, 6) is 0.461. The zero-order valence-corrected chi connectivity index (χ0v) is 14.1. The molecule has 0 aromatic heterocycles. The Balaban J connectivity index is 2.09. The highest BCUT2D eigenvalue weighted by molar-refractivity contribution is 5.28. The van der Waals surface area contributed by atoms with Crippen LogP contribution in [-0.4, -0.2) is 16.7 Å². The van der Waals surface area contributed by atoms with Gasteiger partial charge >= 0.3 is 0 Å². The summed E-state index contributed by atoms with van der Waals surface area (Å²) in [5.41, 5.74) is 2.73. The first kappa shape index (κ1) is 16.7. The molecule has 3 nitrogen and oxygen atoms in total. The lowest BCUT2D eigenvalue weighted by atomic mass is 9.65. The first-order valence-electron chi connectivity index (χ1n) is 8.52. The fourth-order valence-electron chi connectivity index (χ4n) is 4.72. The van der Waals surface area contributed by atoms with Crippen LogP contribution in [0.4, 0.5) is 0 Å². The number of fused-ring (bicyclic) bond motifs is 1. The van der Waals surface area contributed by atoms with Crippen LogP contribution in [0.1, 0.15) is 79.1 Å². The lowest BCUT2D eigenvalue weighted by molar-refractivity contribution is 0.0689. The molecule has 0 heterocycles. The molecular weight excluding hydrogens is 262 g/mol. The van der Waals surface area contributed by atoms with Gasteiger partial charge in [-0.05, 0) is 77.0 Å². The van der Waals surface area contributed by atoms with Crippen molar-refractivity contribution >= 4 is 0 Å². The SMILES string of the molecule is C/C(CCCC(C)(C)O)=C1\CC[C@H]2C(N=O)CCCC12C. The molecule has 0 radical (unpaired) electrons. The summed E-state index contributed by atoms with van der Waals surface area (Å²) in [6, 6.07) is 0.0328. The van der Waals surface area contributed by atoms with E-state index in [1.807, 2.05) is 13.8 Å². The number of nitroso groups, excluding NO2 is 1. The van der Waals surface area contributed by atoms with E-state index in [-0.39, 0.29) is 11.5 Å². The van der Waals surface area contributed by atoms with Gasteiger partial charge < -0.3 is 5.11 Å². The fourth-order valence-corrected chi connectivity index (χ4v) is 4.72. The van der Waals surface area contributed by atoms with Crippen molar-refractivity contribution < 1.29 is 5.11 Å². The standard InChI is InChI=1S/C18H31NO2/c1-13(7-5-11-17(2,3)20)14-9-10-15-16(19-21)8-6-12-18(14,15)4/h15-16,20H,5-12H2,1-4H3/b14-13-/t15-,16?,18?/m0/s1. The van der Waals surface area contributed by atoms with Crippen molar-refractivity contribution in [2.45, 2.75) is 90.7 Å². The minimum atomic E-state index is -0.565. The molecule has 0 aromatic rings. The van der Waals surface area contributed by atoms with Gasteiger partial charge in [-0.15, -0.1) is 0 Å². The Morgan fingerprint density at radius 2 is 2.14 bits per heavy atom. The molecule has 0 amide bonds. The van der Waals surface area contributed by atoms with Crippen LogP contribution < -0.4 is 0 Å². The molecule has 2 unspecified atom stereocenters. The van der Waals surface area contributed by atoms with Gasteiger partial charge in [0.1, 0.15) is 0 Å². The summed E-state index contributed by atoms with van der Waals surface area (Å²) in [4.78, 5) is 11.1. The maximum absolute atomic E-state index is 11.1. The van der Waals surface area contributed by atoms with Crippen LogP contribution >= 0.6 is 0 Å². The van der Waals surface area contributed by atoms with E-state index < -0.39 is 5.60 Å². The van der Waals surface area contributed by atoms with Crippen molar-refractivity contribution in [3.8, 4) is 0 Å². The van der Waals surface area contributed by atoms with Crippen molar-refractivity contribution in [3.63, 3.8) is 0 Å². The second-order valence-electron chi connectivity index (χ2n) is 8.05. The molecule has 21 heavy (non-hydrogen) atoms. The van der Waals surface area contributed by atoms with Crippen LogP contribution in [0.2, 0.25) is 0 Å². The Bertz CT molecular complexity index is 421. The highest BCUT2D eigenvalue weighted by atomic mass is 16.3. The molecule has 2 saturated carbocycles. The summed E-state index contributed by atoms with van der Waals surface area (Å²) in [5, 5.41) is 13.3. The van der Waals surface area contributed by atoms with Gasteiger partial charge in [-0.2, -0.15) is 4.91 Å². The maximum Gasteiger partial charge on any atom is 0.0956 e. The maximum atomic E-state index is 11.1. The number of hydrogen-bond acceptors (Lipinski definition) is 3. The fraction of sp³-hybridized carbons (Fsp3) is 0.889. The summed E-state index contributed by atoms with van der Waals surface area (Å²) in [6.45, 7) is 8.37. The monoisotopic (exact) mass is 293 g/mol. The predicted octanol–water partition coefficient (Wildman–Crippen LogP) is 4.98. The summed E-state index contributed by atoms with van der Waals surface area (Å²) in [7, 11) is 0. The first-order valence-corrected chi connectivity index (χ1v) is 8.52. The van der Waals surface area contributed by atoms with Crippen LogP contribution in [0.3, 0.4) is 0 Å². The van der Waals surface area contributed by atoms with Gasteiger partial charge in [0.15, 0.2) is 0 Å². The van der Waals surface area contributed by atoms with Crippen LogP contribution in [-0.2, 0) is 0 Å². The van der Waals surface area contributed by atoms with Crippen LogP contribution in [0, 0.1) is 16.2 Å². The molecule has 2 aliphatic carbocycles. The minimum absolute atomic E-state index is 0.0328. The quantitative estimate of drug-likeness (QED) is 0.574. The second kappa shape index (κ2) is 6.20. The molecule has 3 atom stereocenters. The topological polar surface area (TPSA) is 49.7 Å². The smallest absolute Gasteiger partial charge is 0.0956 e. The molecule has 3 heteroatoms. The molecule has 0 saturated heterocycles. The third-order valence-electron chi connectivity index (χ3n) is 5.86. The van der Waals surface area contributed by atoms with E-state index in [0.717, 1.165) is 44.9 Å². The molecule has 0 spiro atoms. The second-order valence-corrected chi connectivity index (χ2v) is 8.05. The van der Waals surface area contributed by atoms with Gasteiger partial charge in [-0.1, -0.05) is 29.7 Å². The molecule has 2 aliphatic rings. The van der Waals surface area contributed by atoms with Gasteiger partial charge in [0.25, 0.3) is 0 Å². The number of rotatable bonds is 5. The van der Waals surface area contributed by atoms with Crippen molar-refractivity contribution in [1.82, 2.24) is 0 Å². The number of hydrogen-bond donors (Lipinski definition) is 1. The van der Waals surface area contributed by atoms with E-state index in [0.29, 0.717) is 5.92 Å². The Morgan fingerprint density at radius 1 is 1.43 bits per heavy atom. The lowest BCUT2D eigenvalue weighted by Crippen LogP contribution is -2.36. The van der Waals surface area contributed by atoms with Crippen molar-refractivity contribution in [2.24, 2.45) is 16.5 Å². The van der Waals surface area contributed by atoms with Gasteiger partial charge in [-0.25, -0.2) is 0 Å². The van der Waals surface area contributed by atoms with E-state index in [1.165, 1.54) is 12.0 Å². The van der Waals surface area contributed by atoms with E-state index in [2.05, 4.69) is 19.0 Å². The average molecular weight is 293 g/mol. The Kier molecular flexibility index (Phi) is 4.92. The highest BCUT2D eigenvalue weighted by Crippen LogP contribution is 2.57. The third kappa shape index (κ3) is 3.56. The van der Waals surface area contributed by atoms with Crippen LogP contribution in [0.5, 0.6) is 0 Å². The molecule has 120 valence electrons. The molecule has 2 fully saturated rings. The summed E-state index contributed by atoms with van der Waals surface area (Å²) in [6.07, 6.45) is 8.54. The molecule has 1 N–H and O–H groups in total. The number of nitrogens with zero attached hydrogens (tertiary/aromatic N) is 1. The predicted molar refractivity (Wildman–Crippen MR) is 87.1 cm³/mol. The normalized spacial score (nSPS) is 35.5. The van der Waals surface area contributed by atoms with Gasteiger partial charge in [-0.3, -0.25) is 0 Å². The zero-order chi connectivity index (χ0) is 15.7. The van der Waals surface area contributed by atoms with E-state index in [1.54, 1.807) is 5.57 Å². The summed E-state index contributed by atoms with van der Waals surface area (Å²) >= 11 is 0. The Morgan fingerprint density at radius 3 is 2.76 bits per heavy atom. The zero-order valence-electron chi connectivity index (χ0n) is 14.1. The largest absolute Gasteiger partial charge is 0.390 e. The minimum Gasteiger partial charge on any atom is -0.390 e. The highest BCUT2D eigenvalue weighted by Gasteiger charge is 2.49. The van der Waals surface area contributed by atoms with Gasteiger partial charge in [0.05, 0.1) is 11.6 Å². The van der Waals surface area contributed by atoms with E-state index >= 15 is 0 Å².